The van der Waals surface area contributed by atoms with E-state index in [-0.39, 0.29) is 12.0 Å². The van der Waals surface area contributed by atoms with E-state index < -0.39 is 12.7 Å². The van der Waals surface area contributed by atoms with Gasteiger partial charge < -0.3 is 5.32 Å². The molecule has 0 radical (unpaired) electrons. The van der Waals surface area contributed by atoms with E-state index >= 15 is 0 Å². The summed E-state index contributed by atoms with van der Waals surface area (Å²) in [6.07, 6.45) is -2.52. The van der Waals surface area contributed by atoms with Crippen LogP contribution in [0.2, 0.25) is 0 Å². The molecule has 1 heterocycles. The van der Waals surface area contributed by atoms with E-state index in [1.54, 1.807) is 6.20 Å². The summed E-state index contributed by atoms with van der Waals surface area (Å²) < 4.78 is 35.6. The quantitative estimate of drug-likeness (QED) is 0.894. The first-order valence-corrected chi connectivity index (χ1v) is 5.73. The van der Waals surface area contributed by atoms with Crippen molar-refractivity contribution >= 4 is 11.3 Å². The number of nitrogens with zero attached hydrogens (tertiary/aromatic N) is 1. The Bertz CT molecular complexity index is 339. The van der Waals surface area contributed by atoms with Gasteiger partial charge in [-0.3, -0.25) is 0 Å². The molecule has 0 fully saturated rings. The van der Waals surface area contributed by atoms with Gasteiger partial charge in [0.15, 0.2) is 0 Å². The van der Waals surface area contributed by atoms with E-state index in [0.29, 0.717) is 0 Å². The molecule has 16 heavy (non-hydrogen) atoms. The second kappa shape index (κ2) is 4.71. The van der Waals surface area contributed by atoms with Crippen LogP contribution in [0.25, 0.3) is 0 Å². The van der Waals surface area contributed by atoms with Crippen LogP contribution in [-0.4, -0.2) is 17.7 Å². The normalized spacial score (nSPS) is 13.1. The average Bonchev–Trinajstić information content (AvgIpc) is 2.49. The first kappa shape index (κ1) is 13.4. The highest BCUT2D eigenvalue weighted by molar-refractivity contribution is 7.11. The summed E-state index contributed by atoms with van der Waals surface area (Å²) in [5.74, 6) is 0. The third-order valence-corrected chi connectivity index (χ3v) is 3.24. The monoisotopic (exact) mass is 252 g/mol. The van der Waals surface area contributed by atoms with Gasteiger partial charge >= 0.3 is 6.18 Å². The number of nitrogens with one attached hydrogen (secondary N) is 1. The van der Waals surface area contributed by atoms with Crippen molar-refractivity contribution in [2.75, 3.05) is 6.54 Å². The predicted molar refractivity (Wildman–Crippen MR) is 58.6 cm³/mol. The molecular weight excluding hydrogens is 237 g/mol. The van der Waals surface area contributed by atoms with Crippen LogP contribution >= 0.6 is 11.3 Å². The molecule has 0 aromatic carbocycles. The molecule has 2 nitrogen and oxygen atoms in total. The molecule has 0 atom stereocenters. The third kappa shape index (κ3) is 4.49. The molecule has 0 spiro atoms. The second-order valence-corrected chi connectivity index (χ2v) is 5.72. The highest BCUT2D eigenvalue weighted by atomic mass is 32.1. The van der Waals surface area contributed by atoms with Crippen molar-refractivity contribution in [1.29, 1.82) is 0 Å². The zero-order valence-corrected chi connectivity index (χ0v) is 10.3. The van der Waals surface area contributed by atoms with Crippen molar-refractivity contribution in [3.8, 4) is 0 Å². The largest absolute Gasteiger partial charge is 0.401 e. The Balaban J connectivity index is 2.48. The Morgan fingerprint density at radius 2 is 1.94 bits per heavy atom. The van der Waals surface area contributed by atoms with Gasteiger partial charge in [-0.1, -0.05) is 20.8 Å². The Labute approximate surface area is 96.9 Å². The van der Waals surface area contributed by atoms with Gasteiger partial charge in [0.25, 0.3) is 0 Å². The van der Waals surface area contributed by atoms with Crippen LogP contribution in [0, 0.1) is 0 Å². The maximum Gasteiger partial charge on any atom is 0.401 e. The summed E-state index contributed by atoms with van der Waals surface area (Å²) in [4.78, 5) is 5.03. The lowest BCUT2D eigenvalue weighted by Crippen LogP contribution is -2.27. The summed E-state index contributed by atoms with van der Waals surface area (Å²) in [5.41, 5.74) is -0.0487. The van der Waals surface area contributed by atoms with E-state index in [0.717, 1.165) is 9.88 Å². The summed E-state index contributed by atoms with van der Waals surface area (Å²) >= 11 is 1.45. The molecule has 0 amide bonds. The molecule has 1 aromatic rings. The smallest absolute Gasteiger partial charge is 0.304 e. The number of alkyl halides is 3. The van der Waals surface area contributed by atoms with Gasteiger partial charge in [-0.15, -0.1) is 11.3 Å². The molecule has 92 valence electrons. The van der Waals surface area contributed by atoms with E-state index in [9.17, 15) is 13.2 Å². The van der Waals surface area contributed by atoms with Crippen molar-refractivity contribution in [3.05, 3.63) is 16.1 Å². The minimum Gasteiger partial charge on any atom is -0.304 e. The van der Waals surface area contributed by atoms with Gasteiger partial charge in [0, 0.05) is 23.0 Å². The topological polar surface area (TPSA) is 24.9 Å². The highest BCUT2D eigenvalue weighted by Gasteiger charge is 2.26. The highest BCUT2D eigenvalue weighted by Crippen LogP contribution is 2.26. The van der Waals surface area contributed by atoms with Crippen LogP contribution in [0.3, 0.4) is 0 Å². The maximum absolute atomic E-state index is 11.9. The fourth-order valence-corrected chi connectivity index (χ4v) is 2.00. The SMILES string of the molecule is CC(C)(C)c1ncc(CNCC(F)(F)F)s1. The van der Waals surface area contributed by atoms with Crippen molar-refractivity contribution in [2.24, 2.45) is 0 Å². The van der Waals surface area contributed by atoms with Crippen LogP contribution in [0.15, 0.2) is 6.20 Å². The van der Waals surface area contributed by atoms with Gasteiger partial charge in [-0.25, -0.2) is 4.98 Å². The molecule has 6 heteroatoms. The number of halogens is 3. The van der Waals surface area contributed by atoms with Gasteiger partial charge in [-0.05, 0) is 0 Å². The third-order valence-electron chi connectivity index (χ3n) is 1.82. The molecule has 1 N–H and O–H groups in total. The van der Waals surface area contributed by atoms with E-state index in [4.69, 9.17) is 0 Å². The number of hydrogen-bond acceptors (Lipinski definition) is 3. The summed E-state index contributed by atoms with van der Waals surface area (Å²) in [6, 6.07) is 0. The predicted octanol–water partition coefficient (Wildman–Crippen LogP) is 3.09. The Morgan fingerprint density at radius 3 is 2.38 bits per heavy atom. The Kier molecular flexibility index (Phi) is 3.96. The summed E-state index contributed by atoms with van der Waals surface area (Å²) in [5, 5.41) is 3.29. The Hall–Kier alpha value is -0.620. The van der Waals surface area contributed by atoms with E-state index in [2.05, 4.69) is 10.3 Å². The lowest BCUT2D eigenvalue weighted by atomic mass is 9.98. The number of rotatable bonds is 3. The maximum atomic E-state index is 11.9. The molecule has 1 aromatic heterocycles. The average molecular weight is 252 g/mol. The van der Waals surface area contributed by atoms with Crippen molar-refractivity contribution in [3.63, 3.8) is 0 Å². The zero-order valence-electron chi connectivity index (χ0n) is 9.48. The second-order valence-electron chi connectivity index (χ2n) is 4.60. The van der Waals surface area contributed by atoms with Crippen molar-refractivity contribution < 1.29 is 13.2 Å². The van der Waals surface area contributed by atoms with Crippen LogP contribution in [0.5, 0.6) is 0 Å². The van der Waals surface area contributed by atoms with E-state index in [1.807, 2.05) is 20.8 Å². The minimum atomic E-state index is -4.16. The molecule has 0 unspecified atom stereocenters. The van der Waals surface area contributed by atoms with Crippen LogP contribution in [0.1, 0.15) is 30.7 Å². The summed E-state index contributed by atoms with van der Waals surface area (Å²) in [7, 11) is 0. The molecule has 1 rings (SSSR count). The molecular formula is C10H15F3N2S. The van der Waals surface area contributed by atoms with Crippen LogP contribution in [-0.2, 0) is 12.0 Å². The lowest BCUT2D eigenvalue weighted by Gasteiger charge is -2.13. The van der Waals surface area contributed by atoms with Gasteiger partial charge in [0.1, 0.15) is 0 Å². The standard InChI is InChI=1S/C10H15F3N2S/c1-9(2,3)8-15-5-7(16-8)4-14-6-10(11,12)13/h5,14H,4,6H2,1-3H3. The van der Waals surface area contributed by atoms with Gasteiger partial charge in [0.2, 0.25) is 0 Å². The summed E-state index contributed by atoms with van der Waals surface area (Å²) in [6.45, 7) is 5.33. The number of thiazole rings is 1. The fraction of sp³-hybridized carbons (Fsp3) is 0.700. The first-order valence-electron chi connectivity index (χ1n) is 4.91. The Morgan fingerprint density at radius 1 is 1.31 bits per heavy atom. The van der Waals surface area contributed by atoms with Crippen LogP contribution in [0.4, 0.5) is 13.2 Å². The molecule has 0 bridgehead atoms. The molecule has 0 aliphatic carbocycles. The fourth-order valence-electron chi connectivity index (χ4n) is 1.06. The minimum absolute atomic E-state index is 0.0487. The van der Waals surface area contributed by atoms with Crippen LogP contribution < -0.4 is 5.32 Å². The number of aromatic nitrogens is 1. The zero-order chi connectivity index (χ0) is 12.4. The van der Waals surface area contributed by atoms with Crippen molar-refractivity contribution in [1.82, 2.24) is 10.3 Å². The first-order chi connectivity index (χ1) is 7.18. The van der Waals surface area contributed by atoms with E-state index in [1.165, 1.54) is 11.3 Å². The molecule has 0 aliphatic rings. The number of hydrogen-bond donors (Lipinski definition) is 1. The molecule has 0 saturated carbocycles. The van der Waals surface area contributed by atoms with Gasteiger partial charge in [-0.2, -0.15) is 13.2 Å². The van der Waals surface area contributed by atoms with Gasteiger partial charge in [0.05, 0.1) is 11.6 Å². The van der Waals surface area contributed by atoms with Crippen molar-refractivity contribution in [2.45, 2.75) is 38.9 Å². The lowest BCUT2D eigenvalue weighted by molar-refractivity contribution is -0.125. The molecule has 0 saturated heterocycles. The molecule has 0 aliphatic heterocycles.